The van der Waals surface area contributed by atoms with Gasteiger partial charge < -0.3 is 20.5 Å². The number of ether oxygens (including phenoxy) is 1. The molecule has 0 fully saturated rings. The number of carbonyl (C=O) groups excluding carboxylic acids is 2. The topological polar surface area (TPSA) is 105 Å². The highest BCUT2D eigenvalue weighted by molar-refractivity contribution is 6.33. The number of carbonyl (C=O) groups is 3. The molecule has 0 radical (unpaired) electrons. The number of anilines is 1. The Morgan fingerprint density at radius 2 is 1.63 bits per heavy atom. The standard InChI is InChI=1S/C27H25ClN2O5/c1-2-7-24(25(31)29-16-12-13-23(28)21(14-16)26(32)33)30-27(34)35-15-22-19-10-5-3-8-17(19)18-9-4-6-11-20(18)22/h3-6,8-14,22,24H,2,7,15H2,1H3,(H,29,31)(H,30,34)(H,32,33). The number of nitrogens with one attached hydrogen (secondary N) is 2. The Balaban J connectivity index is 1.41. The van der Waals surface area contributed by atoms with Crippen LogP contribution in [0.4, 0.5) is 10.5 Å². The average molecular weight is 493 g/mol. The fourth-order valence-electron chi connectivity index (χ4n) is 4.34. The molecular weight excluding hydrogens is 468 g/mol. The highest BCUT2D eigenvalue weighted by atomic mass is 35.5. The second kappa shape index (κ2) is 10.6. The number of alkyl carbamates (subject to hydrolysis) is 1. The molecule has 180 valence electrons. The lowest BCUT2D eigenvalue weighted by Gasteiger charge is -2.19. The summed E-state index contributed by atoms with van der Waals surface area (Å²) in [5.41, 5.74) is 4.60. The minimum absolute atomic E-state index is 0.0670. The Kier molecular flexibility index (Phi) is 7.36. The lowest BCUT2D eigenvalue weighted by atomic mass is 9.98. The highest BCUT2D eigenvalue weighted by Crippen LogP contribution is 2.44. The van der Waals surface area contributed by atoms with Gasteiger partial charge in [0.2, 0.25) is 5.91 Å². The lowest BCUT2D eigenvalue weighted by Crippen LogP contribution is -2.44. The molecule has 0 heterocycles. The molecule has 1 unspecified atom stereocenters. The second-order valence-electron chi connectivity index (χ2n) is 8.30. The predicted molar refractivity (Wildman–Crippen MR) is 134 cm³/mol. The SMILES string of the molecule is CCCC(NC(=O)OCC1c2ccccc2-c2ccccc21)C(=O)Nc1ccc(Cl)c(C(=O)O)c1. The van der Waals surface area contributed by atoms with Crippen LogP contribution in [-0.2, 0) is 9.53 Å². The van der Waals surface area contributed by atoms with Crippen LogP contribution in [0.5, 0.6) is 0 Å². The molecule has 4 rings (SSSR count). The summed E-state index contributed by atoms with van der Waals surface area (Å²) in [5.74, 6) is -1.76. The van der Waals surface area contributed by atoms with Crippen molar-refractivity contribution in [2.24, 2.45) is 0 Å². The molecule has 35 heavy (non-hydrogen) atoms. The maximum Gasteiger partial charge on any atom is 0.407 e. The van der Waals surface area contributed by atoms with Gasteiger partial charge in [0.25, 0.3) is 0 Å². The highest BCUT2D eigenvalue weighted by Gasteiger charge is 2.29. The van der Waals surface area contributed by atoms with E-state index in [1.165, 1.54) is 18.2 Å². The summed E-state index contributed by atoms with van der Waals surface area (Å²) in [7, 11) is 0. The number of carboxylic acids is 1. The van der Waals surface area contributed by atoms with Gasteiger partial charge >= 0.3 is 12.1 Å². The average Bonchev–Trinajstić information content (AvgIpc) is 3.17. The van der Waals surface area contributed by atoms with Crippen molar-refractivity contribution in [2.75, 3.05) is 11.9 Å². The molecule has 0 saturated carbocycles. The largest absolute Gasteiger partial charge is 0.478 e. The first-order chi connectivity index (χ1) is 16.9. The predicted octanol–water partition coefficient (Wildman–Crippen LogP) is 5.68. The number of rotatable bonds is 8. The van der Waals surface area contributed by atoms with Crippen LogP contribution in [0.15, 0.2) is 66.7 Å². The third kappa shape index (κ3) is 5.30. The van der Waals surface area contributed by atoms with E-state index in [0.29, 0.717) is 12.8 Å². The maximum absolute atomic E-state index is 12.8. The first kappa shape index (κ1) is 24.3. The van der Waals surface area contributed by atoms with Gasteiger partial charge in [0.1, 0.15) is 12.6 Å². The van der Waals surface area contributed by atoms with Gasteiger partial charge in [-0.15, -0.1) is 0 Å². The minimum Gasteiger partial charge on any atom is -0.478 e. The Bertz CT molecular complexity index is 1230. The number of fused-ring (bicyclic) bond motifs is 3. The van der Waals surface area contributed by atoms with Crippen LogP contribution < -0.4 is 10.6 Å². The number of carboxylic acid groups (broad SMARTS) is 1. The molecule has 1 aliphatic carbocycles. The van der Waals surface area contributed by atoms with Gasteiger partial charge in [0.15, 0.2) is 0 Å². The first-order valence-electron chi connectivity index (χ1n) is 11.3. The van der Waals surface area contributed by atoms with Crippen molar-refractivity contribution in [2.45, 2.75) is 31.7 Å². The molecule has 1 atom stereocenters. The van der Waals surface area contributed by atoms with Crippen LogP contribution in [0.2, 0.25) is 5.02 Å². The minimum atomic E-state index is -1.20. The van der Waals surface area contributed by atoms with E-state index in [-0.39, 0.29) is 28.8 Å². The zero-order chi connectivity index (χ0) is 24.9. The maximum atomic E-state index is 12.8. The van der Waals surface area contributed by atoms with Crippen molar-refractivity contribution in [3.05, 3.63) is 88.4 Å². The number of hydrogen-bond donors (Lipinski definition) is 3. The van der Waals surface area contributed by atoms with Crippen molar-refractivity contribution >= 4 is 35.3 Å². The van der Waals surface area contributed by atoms with Crippen molar-refractivity contribution < 1.29 is 24.2 Å². The van der Waals surface area contributed by atoms with Gasteiger partial charge in [-0.05, 0) is 46.9 Å². The Hall–Kier alpha value is -3.84. The third-order valence-corrected chi connectivity index (χ3v) is 6.32. The van der Waals surface area contributed by atoms with Gasteiger partial charge in [-0.3, -0.25) is 4.79 Å². The van der Waals surface area contributed by atoms with Crippen molar-refractivity contribution in [3.63, 3.8) is 0 Å². The molecule has 0 aromatic heterocycles. The molecule has 3 aromatic rings. The molecule has 0 aliphatic heterocycles. The van der Waals surface area contributed by atoms with E-state index in [1.807, 2.05) is 43.3 Å². The van der Waals surface area contributed by atoms with Crippen LogP contribution in [0, 0.1) is 0 Å². The molecular formula is C27H25ClN2O5. The third-order valence-electron chi connectivity index (χ3n) is 5.99. The Morgan fingerprint density at radius 1 is 1.00 bits per heavy atom. The van der Waals surface area contributed by atoms with E-state index < -0.39 is 24.0 Å². The lowest BCUT2D eigenvalue weighted by molar-refractivity contribution is -0.118. The quantitative estimate of drug-likeness (QED) is 0.375. The normalized spacial score (nSPS) is 12.9. The molecule has 0 saturated heterocycles. The summed E-state index contributed by atoms with van der Waals surface area (Å²) in [5, 5.41) is 14.6. The van der Waals surface area contributed by atoms with Crippen LogP contribution in [0.25, 0.3) is 11.1 Å². The van der Waals surface area contributed by atoms with Crippen LogP contribution >= 0.6 is 11.6 Å². The molecule has 8 heteroatoms. The van der Waals surface area contributed by atoms with Crippen molar-refractivity contribution in [3.8, 4) is 11.1 Å². The fourth-order valence-corrected chi connectivity index (χ4v) is 4.53. The van der Waals surface area contributed by atoms with Crippen molar-refractivity contribution in [1.82, 2.24) is 5.32 Å². The van der Waals surface area contributed by atoms with Gasteiger partial charge in [0.05, 0.1) is 10.6 Å². The number of hydrogen-bond acceptors (Lipinski definition) is 4. The van der Waals surface area contributed by atoms with Crippen LogP contribution in [0.3, 0.4) is 0 Å². The van der Waals surface area contributed by atoms with E-state index in [9.17, 15) is 19.5 Å². The molecule has 7 nitrogen and oxygen atoms in total. The summed E-state index contributed by atoms with van der Waals surface area (Å²) in [6, 6.07) is 19.4. The van der Waals surface area contributed by atoms with Gasteiger partial charge in [-0.25, -0.2) is 9.59 Å². The number of halogens is 1. The number of benzene rings is 3. The van der Waals surface area contributed by atoms with Gasteiger partial charge in [-0.1, -0.05) is 73.5 Å². The van der Waals surface area contributed by atoms with E-state index in [4.69, 9.17) is 16.3 Å². The van der Waals surface area contributed by atoms with E-state index in [1.54, 1.807) is 0 Å². The zero-order valence-corrected chi connectivity index (χ0v) is 19.8. The summed E-state index contributed by atoms with van der Waals surface area (Å²) in [6.45, 7) is 2.03. The van der Waals surface area contributed by atoms with Crippen molar-refractivity contribution in [1.29, 1.82) is 0 Å². The number of aromatic carboxylic acids is 1. The molecule has 2 amide bonds. The fraction of sp³-hybridized carbons (Fsp3) is 0.222. The summed E-state index contributed by atoms with van der Waals surface area (Å²) in [4.78, 5) is 36.8. The van der Waals surface area contributed by atoms with Crippen LogP contribution in [0.1, 0.15) is 47.2 Å². The smallest absolute Gasteiger partial charge is 0.407 e. The molecule has 0 bridgehead atoms. The summed E-state index contributed by atoms with van der Waals surface area (Å²) in [6.07, 6.45) is 0.334. The molecule has 1 aliphatic rings. The monoisotopic (exact) mass is 492 g/mol. The van der Waals surface area contributed by atoms with Gasteiger partial charge in [0, 0.05) is 11.6 Å². The van der Waals surface area contributed by atoms with Crippen LogP contribution in [-0.4, -0.2) is 35.7 Å². The van der Waals surface area contributed by atoms with E-state index in [0.717, 1.165) is 22.3 Å². The Morgan fingerprint density at radius 3 is 2.23 bits per heavy atom. The summed E-state index contributed by atoms with van der Waals surface area (Å²) < 4.78 is 5.56. The van der Waals surface area contributed by atoms with E-state index in [2.05, 4.69) is 22.8 Å². The first-order valence-corrected chi connectivity index (χ1v) is 11.7. The summed E-state index contributed by atoms with van der Waals surface area (Å²) >= 11 is 5.89. The van der Waals surface area contributed by atoms with E-state index >= 15 is 0 Å². The molecule has 3 N–H and O–H groups in total. The van der Waals surface area contributed by atoms with Gasteiger partial charge in [-0.2, -0.15) is 0 Å². The molecule has 0 spiro atoms. The number of amides is 2. The molecule has 3 aromatic carbocycles. The second-order valence-corrected chi connectivity index (χ2v) is 8.71. The zero-order valence-electron chi connectivity index (χ0n) is 19.1. The Labute approximate surface area is 208 Å².